The molecule has 0 unspecified atom stereocenters. The number of hydrogen-bond donors (Lipinski definition) is 0. The fourth-order valence-corrected chi connectivity index (χ4v) is 3.79. The van der Waals surface area contributed by atoms with E-state index in [4.69, 9.17) is 0 Å². The first kappa shape index (κ1) is 18.2. The van der Waals surface area contributed by atoms with Crippen LogP contribution in [-0.2, 0) is 6.54 Å². The Morgan fingerprint density at radius 3 is 2.57 bits per heavy atom. The molecule has 0 bridgehead atoms. The lowest BCUT2D eigenvalue weighted by Gasteiger charge is -2.16. The number of carbonyl (C=O) groups excluding carboxylic acids is 1. The molecule has 0 aliphatic carbocycles. The van der Waals surface area contributed by atoms with Crippen molar-refractivity contribution in [3.63, 3.8) is 0 Å². The van der Waals surface area contributed by atoms with Crippen LogP contribution in [0.5, 0.6) is 0 Å². The summed E-state index contributed by atoms with van der Waals surface area (Å²) < 4.78 is 28.0. The molecule has 2 heterocycles. The Labute approximate surface area is 163 Å². The van der Waals surface area contributed by atoms with Crippen molar-refractivity contribution < 1.29 is 13.6 Å². The van der Waals surface area contributed by atoms with Crippen LogP contribution in [0, 0.1) is 0 Å². The predicted molar refractivity (Wildman–Crippen MR) is 104 cm³/mol. The maximum Gasteiger partial charge on any atom is 0.320 e. The van der Waals surface area contributed by atoms with Crippen molar-refractivity contribution in [2.45, 2.75) is 13.1 Å². The standard InChI is InChI=1S/C20H16F2N4OS/c1-25(11-17-23-14-9-5-6-10-16(14)26(17)20(21)22)19(27)15-12-28-18(24-15)13-7-3-2-4-8-13/h2-10,12,20H,11H2,1H3. The van der Waals surface area contributed by atoms with Crippen LogP contribution in [0.3, 0.4) is 0 Å². The maximum atomic E-state index is 13.6. The molecule has 0 fully saturated rings. The van der Waals surface area contributed by atoms with Gasteiger partial charge in [0.05, 0.1) is 17.6 Å². The SMILES string of the molecule is CN(Cc1nc2ccccc2n1C(F)F)C(=O)c1csc(-c2ccccc2)n1. The zero-order valence-corrected chi connectivity index (χ0v) is 15.7. The average Bonchev–Trinajstić information content (AvgIpc) is 3.32. The van der Waals surface area contributed by atoms with Gasteiger partial charge in [0.25, 0.3) is 5.91 Å². The number of nitrogens with zero attached hydrogens (tertiary/aromatic N) is 4. The van der Waals surface area contributed by atoms with Crippen LogP contribution in [-0.4, -0.2) is 32.4 Å². The maximum absolute atomic E-state index is 13.6. The molecule has 8 heteroatoms. The van der Waals surface area contributed by atoms with Crippen LogP contribution in [0.4, 0.5) is 8.78 Å². The Hall–Kier alpha value is -3.13. The summed E-state index contributed by atoms with van der Waals surface area (Å²) >= 11 is 1.37. The molecule has 5 nitrogen and oxygen atoms in total. The largest absolute Gasteiger partial charge is 0.333 e. The number of hydrogen-bond acceptors (Lipinski definition) is 4. The van der Waals surface area contributed by atoms with E-state index in [1.165, 1.54) is 16.2 Å². The minimum absolute atomic E-state index is 0.0456. The topological polar surface area (TPSA) is 51.0 Å². The van der Waals surface area contributed by atoms with E-state index in [2.05, 4.69) is 9.97 Å². The van der Waals surface area contributed by atoms with Crippen LogP contribution < -0.4 is 0 Å². The Morgan fingerprint density at radius 1 is 1.11 bits per heavy atom. The van der Waals surface area contributed by atoms with Crippen LogP contribution in [0.15, 0.2) is 60.0 Å². The lowest BCUT2D eigenvalue weighted by molar-refractivity contribution is 0.0644. The van der Waals surface area contributed by atoms with E-state index in [9.17, 15) is 13.6 Å². The van der Waals surface area contributed by atoms with E-state index in [0.29, 0.717) is 11.0 Å². The van der Waals surface area contributed by atoms with Gasteiger partial charge in [-0.3, -0.25) is 9.36 Å². The van der Waals surface area contributed by atoms with Crippen molar-refractivity contribution in [3.8, 4) is 10.6 Å². The Balaban J connectivity index is 1.58. The monoisotopic (exact) mass is 398 g/mol. The Morgan fingerprint density at radius 2 is 1.82 bits per heavy atom. The summed E-state index contributed by atoms with van der Waals surface area (Å²) in [4.78, 5) is 22.8. The van der Waals surface area contributed by atoms with Gasteiger partial charge in [-0.25, -0.2) is 9.97 Å². The van der Waals surface area contributed by atoms with E-state index < -0.39 is 6.55 Å². The van der Waals surface area contributed by atoms with Crippen molar-refractivity contribution in [2.24, 2.45) is 0 Å². The smallest absolute Gasteiger partial charge is 0.320 e. The molecule has 0 aliphatic rings. The minimum Gasteiger partial charge on any atom is -0.333 e. The second-order valence-corrected chi connectivity index (χ2v) is 7.09. The van der Waals surface area contributed by atoms with Gasteiger partial charge in [-0.1, -0.05) is 42.5 Å². The summed E-state index contributed by atoms with van der Waals surface area (Å²) in [5.41, 5.74) is 2.02. The van der Waals surface area contributed by atoms with Crippen molar-refractivity contribution >= 4 is 28.3 Å². The molecule has 0 aliphatic heterocycles. The van der Waals surface area contributed by atoms with E-state index >= 15 is 0 Å². The molecule has 0 atom stereocenters. The zero-order valence-electron chi connectivity index (χ0n) is 14.9. The lowest BCUT2D eigenvalue weighted by Crippen LogP contribution is -2.28. The highest BCUT2D eigenvalue weighted by molar-refractivity contribution is 7.13. The summed E-state index contributed by atoms with van der Waals surface area (Å²) in [6.45, 7) is -2.79. The molecule has 0 saturated carbocycles. The molecule has 2 aromatic carbocycles. The number of benzene rings is 2. The van der Waals surface area contributed by atoms with Crippen molar-refractivity contribution in [1.29, 1.82) is 0 Å². The first-order valence-corrected chi connectivity index (χ1v) is 9.43. The van der Waals surface area contributed by atoms with Crippen molar-refractivity contribution in [3.05, 3.63) is 71.5 Å². The van der Waals surface area contributed by atoms with Gasteiger partial charge < -0.3 is 4.90 Å². The summed E-state index contributed by atoms with van der Waals surface area (Å²) in [6.07, 6.45) is 0. The number of amides is 1. The van der Waals surface area contributed by atoms with E-state index in [0.717, 1.165) is 15.1 Å². The Kier molecular flexibility index (Phi) is 4.87. The van der Waals surface area contributed by atoms with Gasteiger partial charge >= 0.3 is 6.55 Å². The number of rotatable bonds is 5. The van der Waals surface area contributed by atoms with Crippen LogP contribution in [0.2, 0.25) is 0 Å². The van der Waals surface area contributed by atoms with Gasteiger partial charge in [0.2, 0.25) is 0 Å². The third-order valence-electron chi connectivity index (χ3n) is 4.33. The summed E-state index contributed by atoms with van der Waals surface area (Å²) in [5.74, 6) is -0.211. The first-order valence-electron chi connectivity index (χ1n) is 8.55. The molecule has 28 heavy (non-hydrogen) atoms. The summed E-state index contributed by atoms with van der Waals surface area (Å²) in [7, 11) is 1.55. The summed E-state index contributed by atoms with van der Waals surface area (Å²) in [5, 5.41) is 2.41. The third kappa shape index (κ3) is 3.38. The molecule has 4 aromatic rings. The van der Waals surface area contributed by atoms with E-state index in [1.807, 2.05) is 30.3 Å². The van der Waals surface area contributed by atoms with Gasteiger partial charge in [-0.05, 0) is 12.1 Å². The molecule has 0 saturated heterocycles. The molecule has 142 valence electrons. The van der Waals surface area contributed by atoms with Gasteiger partial charge in [-0.2, -0.15) is 8.78 Å². The fourth-order valence-electron chi connectivity index (χ4n) is 2.99. The molecular formula is C20H16F2N4OS. The molecule has 1 amide bonds. The predicted octanol–water partition coefficient (Wildman–Crippen LogP) is 4.83. The normalized spacial score (nSPS) is 11.3. The number of halogens is 2. The highest BCUT2D eigenvalue weighted by Crippen LogP contribution is 2.26. The second-order valence-electron chi connectivity index (χ2n) is 6.23. The van der Waals surface area contributed by atoms with Crippen LogP contribution in [0.1, 0.15) is 22.9 Å². The molecule has 0 spiro atoms. The van der Waals surface area contributed by atoms with Gasteiger partial charge in [0.1, 0.15) is 16.5 Å². The number of carbonyl (C=O) groups is 1. The summed E-state index contributed by atoms with van der Waals surface area (Å²) in [6, 6.07) is 16.2. The molecular weight excluding hydrogens is 382 g/mol. The number of alkyl halides is 2. The number of imidazole rings is 1. The molecule has 2 aromatic heterocycles. The minimum atomic E-state index is -2.74. The highest BCUT2D eigenvalue weighted by atomic mass is 32.1. The van der Waals surface area contributed by atoms with Crippen molar-refractivity contribution in [1.82, 2.24) is 19.4 Å². The van der Waals surface area contributed by atoms with Crippen LogP contribution >= 0.6 is 11.3 Å². The fraction of sp³-hybridized carbons (Fsp3) is 0.150. The average molecular weight is 398 g/mol. The number of thiazole rings is 1. The van der Waals surface area contributed by atoms with Crippen molar-refractivity contribution in [2.75, 3.05) is 7.05 Å². The second kappa shape index (κ2) is 7.47. The van der Waals surface area contributed by atoms with Gasteiger partial charge in [-0.15, -0.1) is 11.3 Å². The third-order valence-corrected chi connectivity index (χ3v) is 5.22. The quantitative estimate of drug-likeness (QED) is 0.484. The Bertz CT molecular complexity index is 1120. The molecule has 0 N–H and O–H groups in total. The first-order chi connectivity index (χ1) is 13.5. The number of fused-ring (bicyclic) bond motifs is 1. The van der Waals surface area contributed by atoms with Gasteiger partial charge in [0, 0.05) is 18.0 Å². The zero-order chi connectivity index (χ0) is 19.7. The number of para-hydroxylation sites is 2. The van der Waals surface area contributed by atoms with E-state index in [1.54, 1.807) is 36.7 Å². The number of aromatic nitrogens is 3. The van der Waals surface area contributed by atoms with Gasteiger partial charge in [0.15, 0.2) is 0 Å². The van der Waals surface area contributed by atoms with E-state index in [-0.39, 0.29) is 24.0 Å². The van der Waals surface area contributed by atoms with Crippen LogP contribution in [0.25, 0.3) is 21.6 Å². The molecule has 0 radical (unpaired) electrons. The highest BCUT2D eigenvalue weighted by Gasteiger charge is 2.22. The lowest BCUT2D eigenvalue weighted by atomic mass is 10.2. The molecule has 4 rings (SSSR count).